The molecule has 1 aromatic carbocycles. The number of ether oxygens (including phenoxy) is 2. The number of halogens is 2. The van der Waals surface area contributed by atoms with Crippen molar-refractivity contribution in [2.45, 2.75) is 12.8 Å². The lowest BCUT2D eigenvalue weighted by Crippen LogP contribution is -1.96. The first-order valence-corrected chi connectivity index (χ1v) is 6.90. The molecule has 0 unspecified atom stereocenters. The summed E-state index contributed by atoms with van der Waals surface area (Å²) in [7, 11) is 3.24. The average Bonchev–Trinajstić information content (AvgIpc) is 2.46. The molecule has 0 saturated heterocycles. The first-order valence-electron chi connectivity index (χ1n) is 6.14. The summed E-state index contributed by atoms with van der Waals surface area (Å²) in [5, 5.41) is 1.19. The SMILES string of the molecule is COc1ccc(CCc2c(Cl)cncc2Cl)cc1OC. The number of methoxy groups -OCH3 is 2. The Morgan fingerprint density at radius 2 is 1.60 bits per heavy atom. The molecule has 1 heterocycles. The minimum atomic E-state index is 0.595. The van der Waals surface area contributed by atoms with Crippen molar-refractivity contribution in [1.29, 1.82) is 0 Å². The molecule has 3 nitrogen and oxygen atoms in total. The normalized spacial score (nSPS) is 10.4. The van der Waals surface area contributed by atoms with Gasteiger partial charge in [-0.05, 0) is 36.1 Å². The molecule has 0 aliphatic carbocycles. The van der Waals surface area contributed by atoms with Gasteiger partial charge in [0.15, 0.2) is 11.5 Å². The standard InChI is InChI=1S/C15H15Cl2NO2/c1-19-14-6-4-10(7-15(14)20-2)3-5-11-12(16)8-18-9-13(11)17/h4,6-9H,3,5H2,1-2H3. The fourth-order valence-corrected chi connectivity index (χ4v) is 2.54. The Hall–Kier alpha value is -1.45. The topological polar surface area (TPSA) is 31.4 Å². The van der Waals surface area contributed by atoms with Crippen LogP contribution in [0.25, 0.3) is 0 Å². The average molecular weight is 312 g/mol. The maximum Gasteiger partial charge on any atom is 0.160 e. The maximum atomic E-state index is 6.11. The van der Waals surface area contributed by atoms with Gasteiger partial charge in [-0.2, -0.15) is 0 Å². The first-order chi connectivity index (χ1) is 9.65. The number of nitrogens with zero attached hydrogens (tertiary/aromatic N) is 1. The maximum absolute atomic E-state index is 6.11. The highest BCUT2D eigenvalue weighted by atomic mass is 35.5. The molecule has 20 heavy (non-hydrogen) atoms. The zero-order chi connectivity index (χ0) is 14.5. The van der Waals surface area contributed by atoms with Crippen LogP contribution in [-0.4, -0.2) is 19.2 Å². The van der Waals surface area contributed by atoms with Crippen molar-refractivity contribution in [1.82, 2.24) is 4.98 Å². The molecule has 0 bridgehead atoms. The Bertz CT molecular complexity index is 582. The number of pyridine rings is 1. The second-order valence-corrected chi connectivity index (χ2v) is 5.09. The van der Waals surface area contributed by atoms with Gasteiger partial charge in [0.25, 0.3) is 0 Å². The van der Waals surface area contributed by atoms with E-state index in [4.69, 9.17) is 32.7 Å². The number of rotatable bonds is 5. The molecular weight excluding hydrogens is 297 g/mol. The van der Waals surface area contributed by atoms with Crippen LogP contribution in [0.4, 0.5) is 0 Å². The van der Waals surface area contributed by atoms with Crippen LogP contribution in [0.15, 0.2) is 30.6 Å². The number of aryl methyl sites for hydroxylation is 1. The monoisotopic (exact) mass is 311 g/mol. The van der Waals surface area contributed by atoms with Crippen LogP contribution in [0.1, 0.15) is 11.1 Å². The highest BCUT2D eigenvalue weighted by Crippen LogP contribution is 2.29. The van der Waals surface area contributed by atoms with Crippen LogP contribution in [0.5, 0.6) is 11.5 Å². The lowest BCUT2D eigenvalue weighted by molar-refractivity contribution is 0.354. The van der Waals surface area contributed by atoms with Gasteiger partial charge in [0, 0.05) is 12.4 Å². The minimum Gasteiger partial charge on any atom is -0.493 e. The molecule has 1 aromatic heterocycles. The van der Waals surface area contributed by atoms with E-state index in [-0.39, 0.29) is 0 Å². The Morgan fingerprint density at radius 3 is 2.20 bits per heavy atom. The molecule has 0 atom stereocenters. The van der Waals surface area contributed by atoms with Gasteiger partial charge < -0.3 is 9.47 Å². The van der Waals surface area contributed by atoms with Crippen LogP contribution in [0, 0.1) is 0 Å². The van der Waals surface area contributed by atoms with E-state index in [1.165, 1.54) is 0 Å². The Balaban J connectivity index is 2.15. The molecule has 2 rings (SSSR count). The molecule has 0 saturated carbocycles. The van der Waals surface area contributed by atoms with Gasteiger partial charge in [-0.25, -0.2) is 0 Å². The second-order valence-electron chi connectivity index (χ2n) is 4.27. The second kappa shape index (κ2) is 6.82. The minimum absolute atomic E-state index is 0.595. The molecule has 0 aliphatic rings. The fraction of sp³-hybridized carbons (Fsp3) is 0.267. The van der Waals surface area contributed by atoms with E-state index < -0.39 is 0 Å². The predicted octanol–water partition coefficient (Wildman–Crippen LogP) is 4.19. The summed E-state index contributed by atoms with van der Waals surface area (Å²) in [5.41, 5.74) is 2.05. The Kier molecular flexibility index (Phi) is 5.10. The van der Waals surface area contributed by atoms with Crippen LogP contribution in [0.2, 0.25) is 10.0 Å². The van der Waals surface area contributed by atoms with Crippen molar-refractivity contribution in [3.63, 3.8) is 0 Å². The molecule has 0 spiro atoms. The van der Waals surface area contributed by atoms with E-state index >= 15 is 0 Å². The van der Waals surface area contributed by atoms with Crippen molar-refractivity contribution in [3.8, 4) is 11.5 Å². The highest BCUT2D eigenvalue weighted by molar-refractivity contribution is 6.35. The molecule has 2 aromatic rings. The molecule has 0 amide bonds. The molecule has 0 N–H and O–H groups in total. The zero-order valence-corrected chi connectivity index (χ0v) is 12.8. The van der Waals surface area contributed by atoms with Gasteiger partial charge in [-0.3, -0.25) is 4.98 Å². The van der Waals surface area contributed by atoms with Crippen molar-refractivity contribution in [2.75, 3.05) is 14.2 Å². The first kappa shape index (κ1) is 14.9. The van der Waals surface area contributed by atoms with Crippen LogP contribution >= 0.6 is 23.2 Å². The number of hydrogen-bond acceptors (Lipinski definition) is 3. The lowest BCUT2D eigenvalue weighted by atomic mass is 10.0. The van der Waals surface area contributed by atoms with E-state index in [0.29, 0.717) is 10.0 Å². The summed E-state index contributed by atoms with van der Waals surface area (Å²) in [4.78, 5) is 3.95. The van der Waals surface area contributed by atoms with Gasteiger partial charge in [0.05, 0.1) is 24.3 Å². The van der Waals surface area contributed by atoms with Crippen molar-refractivity contribution in [3.05, 3.63) is 51.8 Å². The molecule has 5 heteroatoms. The highest BCUT2D eigenvalue weighted by Gasteiger charge is 2.08. The quantitative estimate of drug-likeness (QED) is 0.829. The van der Waals surface area contributed by atoms with Crippen molar-refractivity contribution >= 4 is 23.2 Å². The van der Waals surface area contributed by atoms with E-state index in [0.717, 1.165) is 35.5 Å². The summed E-state index contributed by atoms with van der Waals surface area (Å²) in [5.74, 6) is 1.44. The summed E-state index contributed by atoms with van der Waals surface area (Å²) < 4.78 is 10.5. The van der Waals surface area contributed by atoms with E-state index in [1.807, 2.05) is 18.2 Å². The zero-order valence-electron chi connectivity index (χ0n) is 11.3. The van der Waals surface area contributed by atoms with Gasteiger partial charge in [-0.15, -0.1) is 0 Å². The number of aromatic nitrogens is 1. The number of benzene rings is 1. The summed E-state index contributed by atoms with van der Waals surface area (Å²) in [6.45, 7) is 0. The molecule has 106 valence electrons. The van der Waals surface area contributed by atoms with Crippen molar-refractivity contribution in [2.24, 2.45) is 0 Å². The summed E-state index contributed by atoms with van der Waals surface area (Å²) >= 11 is 12.2. The third-order valence-electron chi connectivity index (χ3n) is 3.06. The predicted molar refractivity (Wildman–Crippen MR) is 81.2 cm³/mol. The van der Waals surface area contributed by atoms with Crippen LogP contribution in [-0.2, 0) is 12.8 Å². The van der Waals surface area contributed by atoms with E-state index in [2.05, 4.69) is 4.98 Å². The van der Waals surface area contributed by atoms with Gasteiger partial charge in [0.2, 0.25) is 0 Å². The smallest absolute Gasteiger partial charge is 0.160 e. The van der Waals surface area contributed by atoms with Gasteiger partial charge in [-0.1, -0.05) is 29.3 Å². The largest absolute Gasteiger partial charge is 0.493 e. The molecule has 0 radical (unpaired) electrons. The summed E-state index contributed by atoms with van der Waals surface area (Å²) in [6.07, 6.45) is 4.77. The van der Waals surface area contributed by atoms with E-state index in [9.17, 15) is 0 Å². The Labute approximate surface area is 128 Å². The lowest BCUT2D eigenvalue weighted by Gasteiger charge is -2.10. The van der Waals surface area contributed by atoms with Crippen LogP contribution < -0.4 is 9.47 Å². The number of hydrogen-bond donors (Lipinski definition) is 0. The van der Waals surface area contributed by atoms with Gasteiger partial charge >= 0.3 is 0 Å². The third-order valence-corrected chi connectivity index (χ3v) is 3.72. The van der Waals surface area contributed by atoms with Gasteiger partial charge in [0.1, 0.15) is 0 Å². The molecule has 0 fully saturated rings. The third kappa shape index (κ3) is 3.35. The molecular formula is C15H15Cl2NO2. The van der Waals surface area contributed by atoms with E-state index in [1.54, 1.807) is 26.6 Å². The van der Waals surface area contributed by atoms with Crippen molar-refractivity contribution < 1.29 is 9.47 Å². The Morgan fingerprint density at radius 1 is 0.950 bits per heavy atom. The summed E-state index contributed by atoms with van der Waals surface area (Å²) in [6, 6.07) is 5.86. The van der Waals surface area contributed by atoms with Crippen LogP contribution in [0.3, 0.4) is 0 Å². The molecule has 0 aliphatic heterocycles. The fourth-order valence-electron chi connectivity index (χ4n) is 1.98.